The van der Waals surface area contributed by atoms with Crippen molar-refractivity contribution in [1.29, 1.82) is 0 Å². The largest absolute Gasteiger partial charge is 0.376 e. The second kappa shape index (κ2) is 2.81. The Morgan fingerprint density at radius 2 is 1.62 bits per heavy atom. The molecule has 2 aliphatic rings. The molecule has 0 aromatic carbocycles. The van der Waals surface area contributed by atoms with E-state index in [2.05, 4.69) is 0 Å². The van der Waals surface area contributed by atoms with Gasteiger partial charge in [0.15, 0.2) is 0 Å². The van der Waals surface area contributed by atoms with Crippen molar-refractivity contribution in [1.82, 2.24) is 4.90 Å². The normalized spacial score (nSPS) is 21.5. The van der Waals surface area contributed by atoms with Gasteiger partial charge in [0.1, 0.15) is 6.73 Å². The van der Waals surface area contributed by atoms with Gasteiger partial charge in [0.25, 0.3) is 11.8 Å². The summed E-state index contributed by atoms with van der Waals surface area (Å²) in [5, 5.41) is 8.79. The predicted octanol–water partition coefficient (Wildman–Crippen LogP) is -0.0484. The smallest absolute Gasteiger partial charge is 0.259 e. The summed E-state index contributed by atoms with van der Waals surface area (Å²) in [4.78, 5) is 23.7. The van der Waals surface area contributed by atoms with Gasteiger partial charge < -0.3 is 5.11 Å². The van der Waals surface area contributed by atoms with E-state index in [1.807, 2.05) is 12.2 Å². The molecule has 1 heterocycles. The number of hydrogen-bond donors (Lipinski definition) is 1. The van der Waals surface area contributed by atoms with Gasteiger partial charge in [-0.1, -0.05) is 12.2 Å². The molecule has 1 aliphatic carbocycles. The van der Waals surface area contributed by atoms with Crippen LogP contribution in [-0.2, 0) is 9.59 Å². The van der Waals surface area contributed by atoms with E-state index in [9.17, 15) is 9.59 Å². The van der Waals surface area contributed by atoms with E-state index in [-0.39, 0.29) is 11.8 Å². The van der Waals surface area contributed by atoms with Gasteiger partial charge in [-0.25, -0.2) is 0 Å². The molecule has 68 valence electrons. The lowest BCUT2D eigenvalue weighted by Gasteiger charge is -2.09. The number of rotatable bonds is 1. The average molecular weight is 179 g/mol. The summed E-state index contributed by atoms with van der Waals surface area (Å²) in [6, 6.07) is 0. The molecular weight excluding hydrogens is 170 g/mol. The molecule has 1 aliphatic heterocycles. The monoisotopic (exact) mass is 179 g/mol. The minimum Gasteiger partial charge on any atom is -0.376 e. The standard InChI is InChI=1S/C9H9NO3/c11-5-10-8(12)6-3-1-2-4-7(6)9(10)13/h1-2,11H,3-5H2. The van der Waals surface area contributed by atoms with Crippen LogP contribution in [0.25, 0.3) is 0 Å². The molecule has 0 aromatic heterocycles. The van der Waals surface area contributed by atoms with Crippen LogP contribution in [0.4, 0.5) is 0 Å². The molecule has 0 radical (unpaired) electrons. The Morgan fingerprint density at radius 1 is 1.15 bits per heavy atom. The summed E-state index contributed by atoms with van der Waals surface area (Å²) >= 11 is 0. The van der Waals surface area contributed by atoms with Crippen LogP contribution in [0.1, 0.15) is 12.8 Å². The highest BCUT2D eigenvalue weighted by Gasteiger charge is 2.36. The zero-order chi connectivity index (χ0) is 9.42. The number of allylic oxidation sites excluding steroid dienone is 2. The van der Waals surface area contributed by atoms with Gasteiger partial charge in [-0.2, -0.15) is 0 Å². The highest BCUT2D eigenvalue weighted by atomic mass is 16.3. The molecule has 4 nitrogen and oxygen atoms in total. The molecule has 13 heavy (non-hydrogen) atoms. The van der Waals surface area contributed by atoms with E-state index < -0.39 is 6.73 Å². The molecule has 2 amide bonds. The van der Waals surface area contributed by atoms with Crippen molar-refractivity contribution in [2.75, 3.05) is 6.73 Å². The third kappa shape index (κ3) is 1.02. The van der Waals surface area contributed by atoms with Gasteiger partial charge in [0.05, 0.1) is 0 Å². The third-order valence-corrected chi connectivity index (χ3v) is 2.32. The van der Waals surface area contributed by atoms with E-state index in [0.717, 1.165) is 4.90 Å². The summed E-state index contributed by atoms with van der Waals surface area (Å²) in [5.41, 5.74) is 1.09. The Bertz CT molecular complexity index is 311. The fraction of sp³-hybridized carbons (Fsp3) is 0.333. The maximum atomic E-state index is 11.4. The van der Waals surface area contributed by atoms with Crippen LogP contribution < -0.4 is 0 Å². The van der Waals surface area contributed by atoms with Crippen LogP contribution >= 0.6 is 0 Å². The molecular formula is C9H9NO3. The Hall–Kier alpha value is -1.42. The fourth-order valence-corrected chi connectivity index (χ4v) is 1.63. The van der Waals surface area contributed by atoms with Crippen molar-refractivity contribution in [3.05, 3.63) is 23.3 Å². The van der Waals surface area contributed by atoms with E-state index in [1.165, 1.54) is 0 Å². The van der Waals surface area contributed by atoms with Crippen LogP contribution in [0.2, 0.25) is 0 Å². The summed E-state index contributed by atoms with van der Waals surface area (Å²) in [5.74, 6) is -0.682. The Morgan fingerprint density at radius 3 is 2.00 bits per heavy atom. The van der Waals surface area contributed by atoms with Gasteiger partial charge in [-0.05, 0) is 12.8 Å². The molecule has 0 saturated carbocycles. The molecule has 0 spiro atoms. The summed E-state index contributed by atoms with van der Waals surface area (Å²) < 4.78 is 0. The molecule has 0 atom stereocenters. The van der Waals surface area contributed by atoms with Crippen molar-refractivity contribution < 1.29 is 14.7 Å². The molecule has 0 saturated heterocycles. The van der Waals surface area contributed by atoms with Gasteiger partial charge in [0, 0.05) is 11.1 Å². The molecule has 0 bridgehead atoms. The number of hydrogen-bond acceptors (Lipinski definition) is 3. The van der Waals surface area contributed by atoms with Crippen LogP contribution in [0.5, 0.6) is 0 Å². The minimum absolute atomic E-state index is 0.341. The molecule has 0 aromatic rings. The van der Waals surface area contributed by atoms with Crippen molar-refractivity contribution in [2.45, 2.75) is 12.8 Å². The van der Waals surface area contributed by atoms with Gasteiger partial charge in [-0.15, -0.1) is 0 Å². The number of aliphatic hydroxyl groups is 1. The van der Waals surface area contributed by atoms with Gasteiger partial charge in [-0.3, -0.25) is 14.5 Å². The minimum atomic E-state index is -0.523. The second-order valence-electron chi connectivity index (χ2n) is 3.02. The summed E-state index contributed by atoms with van der Waals surface area (Å²) in [6.45, 7) is -0.523. The van der Waals surface area contributed by atoms with E-state index in [4.69, 9.17) is 5.11 Å². The quantitative estimate of drug-likeness (QED) is 0.453. The van der Waals surface area contributed by atoms with E-state index in [1.54, 1.807) is 0 Å². The maximum Gasteiger partial charge on any atom is 0.259 e. The van der Waals surface area contributed by atoms with Crippen molar-refractivity contribution in [2.24, 2.45) is 0 Å². The van der Waals surface area contributed by atoms with Crippen LogP contribution in [-0.4, -0.2) is 28.6 Å². The highest BCUT2D eigenvalue weighted by Crippen LogP contribution is 2.28. The molecule has 0 fully saturated rings. The van der Waals surface area contributed by atoms with Crippen molar-refractivity contribution in [3.8, 4) is 0 Å². The van der Waals surface area contributed by atoms with Gasteiger partial charge >= 0.3 is 0 Å². The lowest BCUT2D eigenvalue weighted by Crippen LogP contribution is -2.32. The van der Waals surface area contributed by atoms with Crippen LogP contribution in [0.3, 0.4) is 0 Å². The van der Waals surface area contributed by atoms with E-state index >= 15 is 0 Å². The average Bonchev–Trinajstić information content (AvgIpc) is 2.41. The molecule has 0 unspecified atom stereocenters. The Kier molecular flexibility index (Phi) is 1.77. The number of amides is 2. The first-order valence-electron chi connectivity index (χ1n) is 4.09. The lowest BCUT2D eigenvalue weighted by atomic mass is 9.99. The lowest BCUT2D eigenvalue weighted by molar-refractivity contribution is -0.141. The van der Waals surface area contributed by atoms with E-state index in [0.29, 0.717) is 24.0 Å². The maximum absolute atomic E-state index is 11.4. The van der Waals surface area contributed by atoms with Crippen LogP contribution in [0, 0.1) is 0 Å². The van der Waals surface area contributed by atoms with Gasteiger partial charge in [0.2, 0.25) is 0 Å². The van der Waals surface area contributed by atoms with Crippen molar-refractivity contribution in [3.63, 3.8) is 0 Å². The molecule has 1 N–H and O–H groups in total. The second-order valence-corrected chi connectivity index (χ2v) is 3.02. The number of carbonyl (C=O) groups is 2. The predicted molar refractivity (Wildman–Crippen MR) is 44.3 cm³/mol. The number of imide groups is 1. The van der Waals surface area contributed by atoms with Crippen LogP contribution in [0.15, 0.2) is 23.3 Å². The molecule has 2 rings (SSSR count). The first kappa shape index (κ1) is 8.19. The first-order valence-corrected chi connectivity index (χ1v) is 4.09. The van der Waals surface area contributed by atoms with Crippen molar-refractivity contribution >= 4 is 11.8 Å². The zero-order valence-corrected chi connectivity index (χ0v) is 6.99. The number of carbonyl (C=O) groups excluding carboxylic acids is 2. The fourth-order valence-electron chi connectivity index (χ4n) is 1.63. The third-order valence-electron chi connectivity index (χ3n) is 2.32. The first-order chi connectivity index (χ1) is 6.25. The zero-order valence-electron chi connectivity index (χ0n) is 6.99. The summed E-state index contributed by atoms with van der Waals surface area (Å²) in [6.07, 6.45) is 4.75. The topological polar surface area (TPSA) is 57.6 Å². The highest BCUT2D eigenvalue weighted by molar-refractivity contribution is 6.19. The molecule has 4 heteroatoms. The number of nitrogens with zero attached hydrogens (tertiary/aromatic N) is 1. The SMILES string of the molecule is O=C1C2=C(CC=CC2)C(=O)N1CO. The Labute approximate surface area is 75.1 Å². The Balaban J connectivity index is 2.36. The number of aliphatic hydroxyl groups excluding tert-OH is 1. The summed E-state index contributed by atoms with van der Waals surface area (Å²) in [7, 11) is 0.